The molecule has 0 aliphatic carbocycles. The third-order valence-corrected chi connectivity index (χ3v) is 3.65. The highest BCUT2D eigenvalue weighted by atomic mass is 35.5. The van der Waals surface area contributed by atoms with Gasteiger partial charge in [0, 0.05) is 18.1 Å². The van der Waals surface area contributed by atoms with E-state index in [9.17, 15) is 0 Å². The molecule has 0 radical (unpaired) electrons. The van der Waals surface area contributed by atoms with Crippen LogP contribution in [0.2, 0.25) is 5.02 Å². The summed E-state index contributed by atoms with van der Waals surface area (Å²) in [4.78, 5) is 2.23. The minimum Gasteiger partial charge on any atom is -0.321 e. The molecule has 2 aromatic rings. The van der Waals surface area contributed by atoms with Gasteiger partial charge in [-0.2, -0.15) is 0 Å². The van der Waals surface area contributed by atoms with E-state index in [2.05, 4.69) is 43.1 Å². The zero-order chi connectivity index (χ0) is 14.6. The summed E-state index contributed by atoms with van der Waals surface area (Å²) >= 11 is 5.90. The molecule has 0 aliphatic heterocycles. The standard InChI is InChI=1S/C17H21ClN2/c1-17(19,15-6-4-3-5-7-15)13-20(2)12-14-8-10-16(18)11-9-14/h3-11H,12-13,19H2,1-2H3. The Hall–Kier alpha value is -1.35. The largest absolute Gasteiger partial charge is 0.321 e. The minimum atomic E-state index is -0.359. The first-order chi connectivity index (χ1) is 9.47. The Labute approximate surface area is 126 Å². The maximum Gasteiger partial charge on any atom is 0.0509 e. The number of hydrogen-bond donors (Lipinski definition) is 1. The van der Waals surface area contributed by atoms with Gasteiger partial charge in [-0.05, 0) is 37.2 Å². The maximum atomic E-state index is 6.45. The first-order valence-electron chi connectivity index (χ1n) is 6.75. The fourth-order valence-electron chi connectivity index (χ4n) is 2.43. The molecule has 1 atom stereocenters. The van der Waals surface area contributed by atoms with E-state index in [0.29, 0.717) is 0 Å². The lowest BCUT2D eigenvalue weighted by atomic mass is 9.92. The van der Waals surface area contributed by atoms with Gasteiger partial charge in [-0.25, -0.2) is 0 Å². The Balaban J connectivity index is 2.00. The van der Waals surface area contributed by atoms with Crippen LogP contribution < -0.4 is 5.73 Å². The SMILES string of the molecule is CN(Cc1ccc(Cl)cc1)CC(C)(N)c1ccccc1. The summed E-state index contributed by atoms with van der Waals surface area (Å²) in [7, 11) is 2.09. The molecule has 2 aromatic carbocycles. The maximum absolute atomic E-state index is 6.45. The van der Waals surface area contributed by atoms with Crippen molar-refractivity contribution in [1.29, 1.82) is 0 Å². The third-order valence-electron chi connectivity index (χ3n) is 3.40. The Morgan fingerprint density at radius 2 is 1.65 bits per heavy atom. The summed E-state index contributed by atoms with van der Waals surface area (Å²) in [6, 6.07) is 18.2. The van der Waals surface area contributed by atoms with Gasteiger partial charge in [0.15, 0.2) is 0 Å². The molecule has 0 aromatic heterocycles. The van der Waals surface area contributed by atoms with Crippen LogP contribution in [0.4, 0.5) is 0 Å². The van der Waals surface area contributed by atoms with Gasteiger partial charge < -0.3 is 5.73 Å². The van der Waals surface area contributed by atoms with Crippen molar-refractivity contribution < 1.29 is 0 Å². The molecule has 0 bridgehead atoms. The summed E-state index contributed by atoms with van der Waals surface area (Å²) in [5.41, 5.74) is 8.49. The monoisotopic (exact) mass is 288 g/mol. The van der Waals surface area contributed by atoms with Crippen molar-refractivity contribution in [3.63, 3.8) is 0 Å². The molecule has 0 spiro atoms. The molecule has 3 heteroatoms. The van der Waals surface area contributed by atoms with E-state index in [1.807, 2.05) is 30.3 Å². The molecule has 0 fully saturated rings. The average Bonchev–Trinajstić information content (AvgIpc) is 2.42. The van der Waals surface area contributed by atoms with Crippen molar-refractivity contribution in [2.75, 3.05) is 13.6 Å². The normalized spacial score (nSPS) is 14.2. The number of hydrogen-bond acceptors (Lipinski definition) is 2. The highest BCUT2D eigenvalue weighted by molar-refractivity contribution is 6.30. The highest BCUT2D eigenvalue weighted by Crippen LogP contribution is 2.19. The molecule has 0 heterocycles. The van der Waals surface area contributed by atoms with Crippen molar-refractivity contribution in [3.05, 3.63) is 70.7 Å². The van der Waals surface area contributed by atoms with Crippen LogP contribution in [0.15, 0.2) is 54.6 Å². The zero-order valence-electron chi connectivity index (χ0n) is 12.0. The number of nitrogens with zero attached hydrogens (tertiary/aromatic N) is 1. The van der Waals surface area contributed by atoms with E-state index in [1.54, 1.807) is 0 Å². The van der Waals surface area contributed by atoms with E-state index in [1.165, 1.54) is 5.56 Å². The van der Waals surface area contributed by atoms with Crippen molar-refractivity contribution >= 4 is 11.6 Å². The second kappa shape index (κ2) is 6.40. The van der Waals surface area contributed by atoms with Crippen LogP contribution in [0.3, 0.4) is 0 Å². The van der Waals surface area contributed by atoms with Crippen molar-refractivity contribution in [3.8, 4) is 0 Å². The molecule has 0 aliphatic rings. The van der Waals surface area contributed by atoms with E-state index in [4.69, 9.17) is 17.3 Å². The number of nitrogens with two attached hydrogens (primary N) is 1. The third kappa shape index (κ3) is 4.07. The number of rotatable bonds is 5. The highest BCUT2D eigenvalue weighted by Gasteiger charge is 2.22. The fourth-order valence-corrected chi connectivity index (χ4v) is 2.55. The fraction of sp³-hybridized carbons (Fsp3) is 0.294. The molecule has 0 saturated heterocycles. The summed E-state index contributed by atoms with van der Waals surface area (Å²) in [5.74, 6) is 0. The van der Waals surface area contributed by atoms with E-state index >= 15 is 0 Å². The smallest absolute Gasteiger partial charge is 0.0509 e. The second-order valence-corrected chi connectivity index (χ2v) is 6.02. The quantitative estimate of drug-likeness (QED) is 0.910. The van der Waals surface area contributed by atoms with E-state index in [-0.39, 0.29) is 5.54 Å². The Bertz CT molecular complexity index is 535. The first kappa shape index (κ1) is 15.0. The minimum absolute atomic E-state index is 0.359. The number of benzene rings is 2. The van der Waals surface area contributed by atoms with Crippen LogP contribution in [-0.4, -0.2) is 18.5 Å². The van der Waals surface area contributed by atoms with Crippen LogP contribution in [0.25, 0.3) is 0 Å². The average molecular weight is 289 g/mol. The summed E-state index contributed by atoms with van der Waals surface area (Å²) in [6.07, 6.45) is 0. The van der Waals surface area contributed by atoms with Gasteiger partial charge in [-0.3, -0.25) is 4.90 Å². The molecule has 2 N–H and O–H groups in total. The van der Waals surface area contributed by atoms with Crippen molar-refractivity contribution in [1.82, 2.24) is 4.90 Å². The molecule has 1 unspecified atom stereocenters. The van der Waals surface area contributed by atoms with Gasteiger partial charge in [-0.1, -0.05) is 54.1 Å². The van der Waals surface area contributed by atoms with Crippen LogP contribution in [-0.2, 0) is 12.1 Å². The Kier molecular flexibility index (Phi) is 4.81. The lowest BCUT2D eigenvalue weighted by molar-refractivity contribution is 0.253. The number of halogens is 1. The Morgan fingerprint density at radius 3 is 2.25 bits per heavy atom. The molecule has 2 rings (SSSR count). The summed E-state index contributed by atoms with van der Waals surface area (Å²) in [6.45, 7) is 3.72. The number of likely N-dealkylation sites (N-methyl/N-ethyl adjacent to an activating group) is 1. The van der Waals surface area contributed by atoms with Crippen LogP contribution >= 0.6 is 11.6 Å². The van der Waals surface area contributed by atoms with Gasteiger partial charge >= 0.3 is 0 Å². The van der Waals surface area contributed by atoms with Crippen molar-refractivity contribution in [2.24, 2.45) is 5.73 Å². The molecular formula is C17H21ClN2. The zero-order valence-corrected chi connectivity index (χ0v) is 12.8. The second-order valence-electron chi connectivity index (χ2n) is 5.58. The van der Waals surface area contributed by atoms with Gasteiger partial charge in [0.1, 0.15) is 0 Å². The predicted octanol–water partition coefficient (Wildman–Crippen LogP) is 3.65. The molecular weight excluding hydrogens is 268 g/mol. The molecule has 20 heavy (non-hydrogen) atoms. The van der Waals surface area contributed by atoms with Crippen LogP contribution in [0, 0.1) is 0 Å². The Morgan fingerprint density at radius 1 is 1.05 bits per heavy atom. The molecule has 106 valence electrons. The lowest BCUT2D eigenvalue weighted by Gasteiger charge is -2.30. The van der Waals surface area contributed by atoms with Gasteiger partial charge in [0.05, 0.1) is 5.54 Å². The van der Waals surface area contributed by atoms with Gasteiger partial charge in [-0.15, -0.1) is 0 Å². The van der Waals surface area contributed by atoms with Crippen molar-refractivity contribution in [2.45, 2.75) is 19.0 Å². The van der Waals surface area contributed by atoms with Crippen LogP contribution in [0.1, 0.15) is 18.1 Å². The summed E-state index contributed by atoms with van der Waals surface area (Å²) in [5, 5.41) is 0.768. The van der Waals surface area contributed by atoms with Gasteiger partial charge in [0.25, 0.3) is 0 Å². The lowest BCUT2D eigenvalue weighted by Crippen LogP contribution is -2.43. The predicted molar refractivity (Wildman–Crippen MR) is 85.8 cm³/mol. The topological polar surface area (TPSA) is 29.3 Å². The van der Waals surface area contributed by atoms with Gasteiger partial charge in [0.2, 0.25) is 0 Å². The van der Waals surface area contributed by atoms with E-state index < -0.39 is 0 Å². The van der Waals surface area contributed by atoms with E-state index in [0.717, 1.165) is 23.7 Å². The molecule has 0 amide bonds. The molecule has 0 saturated carbocycles. The molecule has 2 nitrogen and oxygen atoms in total. The summed E-state index contributed by atoms with van der Waals surface area (Å²) < 4.78 is 0. The first-order valence-corrected chi connectivity index (χ1v) is 7.12. The van der Waals surface area contributed by atoms with Crippen LogP contribution in [0.5, 0.6) is 0 Å².